The smallest absolute Gasteiger partial charge is 0.229 e. The molecule has 0 spiro atoms. The fourth-order valence-corrected chi connectivity index (χ4v) is 3.10. The SMILES string of the molecule is O=C1CCC(=O)N1CCN1CCC[C@@H]1c1ccc[nH]1. The second-order valence-electron chi connectivity index (χ2n) is 5.26. The monoisotopic (exact) mass is 261 g/mol. The van der Waals surface area contributed by atoms with Gasteiger partial charge < -0.3 is 4.98 Å². The first-order valence-corrected chi connectivity index (χ1v) is 6.96. The molecule has 5 nitrogen and oxygen atoms in total. The van der Waals surface area contributed by atoms with E-state index in [-0.39, 0.29) is 11.8 Å². The van der Waals surface area contributed by atoms with Crippen molar-refractivity contribution in [3.8, 4) is 0 Å². The van der Waals surface area contributed by atoms with Crippen LogP contribution in [-0.4, -0.2) is 46.2 Å². The fraction of sp³-hybridized carbons (Fsp3) is 0.571. The van der Waals surface area contributed by atoms with Crippen LogP contribution in [0.2, 0.25) is 0 Å². The van der Waals surface area contributed by atoms with Crippen molar-refractivity contribution in [1.29, 1.82) is 0 Å². The second-order valence-corrected chi connectivity index (χ2v) is 5.26. The average molecular weight is 261 g/mol. The van der Waals surface area contributed by atoms with E-state index in [1.807, 2.05) is 12.3 Å². The van der Waals surface area contributed by atoms with Crippen molar-refractivity contribution in [2.75, 3.05) is 19.6 Å². The molecule has 102 valence electrons. The maximum atomic E-state index is 11.6. The summed E-state index contributed by atoms with van der Waals surface area (Å²) in [5.74, 6) is -0.0266. The standard InChI is InChI=1S/C14H19N3O2/c18-13-5-6-14(19)17(13)10-9-16-8-2-4-12(16)11-3-1-7-15-11/h1,3,7,12,15H,2,4-6,8-10H2/t12-/m1/s1. The minimum atomic E-state index is -0.0133. The summed E-state index contributed by atoms with van der Waals surface area (Å²) >= 11 is 0. The number of aromatic nitrogens is 1. The van der Waals surface area contributed by atoms with Crippen LogP contribution in [0.4, 0.5) is 0 Å². The molecular weight excluding hydrogens is 242 g/mol. The lowest BCUT2D eigenvalue weighted by Gasteiger charge is -2.25. The van der Waals surface area contributed by atoms with Gasteiger partial charge in [0.2, 0.25) is 11.8 Å². The van der Waals surface area contributed by atoms with Gasteiger partial charge in [-0.1, -0.05) is 0 Å². The number of H-pyrrole nitrogens is 1. The summed E-state index contributed by atoms with van der Waals surface area (Å²) in [6, 6.07) is 4.52. The predicted octanol–water partition coefficient (Wildman–Crippen LogP) is 1.30. The van der Waals surface area contributed by atoms with Gasteiger partial charge in [0.1, 0.15) is 0 Å². The van der Waals surface area contributed by atoms with E-state index in [0.717, 1.165) is 19.5 Å². The van der Waals surface area contributed by atoms with E-state index in [0.29, 0.717) is 25.4 Å². The van der Waals surface area contributed by atoms with Gasteiger partial charge >= 0.3 is 0 Å². The Morgan fingerprint density at radius 2 is 2.00 bits per heavy atom. The number of hydrogen-bond donors (Lipinski definition) is 1. The highest BCUT2D eigenvalue weighted by Crippen LogP contribution is 2.30. The largest absolute Gasteiger partial charge is 0.364 e. The molecule has 19 heavy (non-hydrogen) atoms. The van der Waals surface area contributed by atoms with E-state index >= 15 is 0 Å². The lowest BCUT2D eigenvalue weighted by Crippen LogP contribution is -2.37. The van der Waals surface area contributed by atoms with E-state index in [4.69, 9.17) is 0 Å². The highest BCUT2D eigenvalue weighted by molar-refractivity contribution is 6.01. The quantitative estimate of drug-likeness (QED) is 0.831. The molecule has 1 N–H and O–H groups in total. The average Bonchev–Trinajstić information content (AvgIpc) is 3.09. The topological polar surface area (TPSA) is 56.4 Å². The van der Waals surface area contributed by atoms with Crippen LogP contribution in [0, 0.1) is 0 Å². The highest BCUT2D eigenvalue weighted by Gasteiger charge is 2.31. The van der Waals surface area contributed by atoms with E-state index in [9.17, 15) is 9.59 Å². The number of likely N-dealkylation sites (tertiary alicyclic amines) is 2. The van der Waals surface area contributed by atoms with Gasteiger partial charge in [-0.15, -0.1) is 0 Å². The summed E-state index contributed by atoms with van der Waals surface area (Å²) in [5.41, 5.74) is 1.23. The van der Waals surface area contributed by atoms with Crippen molar-refractivity contribution in [3.05, 3.63) is 24.0 Å². The van der Waals surface area contributed by atoms with Gasteiger partial charge in [0, 0.05) is 43.9 Å². The van der Waals surface area contributed by atoms with Gasteiger partial charge in [0.25, 0.3) is 0 Å². The van der Waals surface area contributed by atoms with Crippen LogP contribution in [0.1, 0.15) is 37.4 Å². The Labute approximate surface area is 112 Å². The number of amides is 2. The summed E-state index contributed by atoms with van der Waals surface area (Å²) in [5, 5.41) is 0. The van der Waals surface area contributed by atoms with Crippen molar-refractivity contribution in [1.82, 2.24) is 14.8 Å². The molecule has 2 saturated heterocycles. The molecule has 1 aromatic rings. The fourth-order valence-electron chi connectivity index (χ4n) is 3.10. The summed E-state index contributed by atoms with van der Waals surface area (Å²) in [7, 11) is 0. The minimum Gasteiger partial charge on any atom is -0.364 e. The van der Waals surface area contributed by atoms with Gasteiger partial charge in [0.15, 0.2) is 0 Å². The molecule has 0 saturated carbocycles. The number of rotatable bonds is 4. The Hall–Kier alpha value is -1.62. The van der Waals surface area contributed by atoms with Crippen LogP contribution in [0.25, 0.3) is 0 Å². The highest BCUT2D eigenvalue weighted by atomic mass is 16.2. The van der Waals surface area contributed by atoms with E-state index in [2.05, 4.69) is 16.0 Å². The molecule has 2 fully saturated rings. The van der Waals surface area contributed by atoms with E-state index < -0.39 is 0 Å². The van der Waals surface area contributed by atoms with Gasteiger partial charge in [-0.05, 0) is 31.5 Å². The van der Waals surface area contributed by atoms with Gasteiger partial charge in [0.05, 0.1) is 0 Å². The normalized spacial score (nSPS) is 24.6. The lowest BCUT2D eigenvalue weighted by atomic mass is 10.1. The third kappa shape index (κ3) is 2.42. The molecule has 3 heterocycles. The number of hydrogen-bond acceptors (Lipinski definition) is 3. The molecule has 0 radical (unpaired) electrons. The Morgan fingerprint density at radius 1 is 1.21 bits per heavy atom. The number of carbonyl (C=O) groups excluding carboxylic acids is 2. The third-order valence-electron chi connectivity index (χ3n) is 4.11. The molecule has 2 aliphatic rings. The van der Waals surface area contributed by atoms with Crippen molar-refractivity contribution in [2.45, 2.75) is 31.7 Å². The van der Waals surface area contributed by atoms with Crippen LogP contribution < -0.4 is 0 Å². The molecule has 2 aliphatic heterocycles. The van der Waals surface area contributed by atoms with Crippen molar-refractivity contribution in [2.24, 2.45) is 0 Å². The molecule has 0 unspecified atom stereocenters. The van der Waals surface area contributed by atoms with Crippen LogP contribution >= 0.6 is 0 Å². The first-order valence-electron chi connectivity index (χ1n) is 6.96. The zero-order chi connectivity index (χ0) is 13.2. The zero-order valence-electron chi connectivity index (χ0n) is 11.0. The van der Waals surface area contributed by atoms with E-state index in [1.165, 1.54) is 17.0 Å². The van der Waals surface area contributed by atoms with Gasteiger partial charge in [-0.2, -0.15) is 0 Å². The van der Waals surface area contributed by atoms with Crippen LogP contribution in [0.3, 0.4) is 0 Å². The third-order valence-corrected chi connectivity index (χ3v) is 4.11. The number of nitrogens with one attached hydrogen (secondary N) is 1. The maximum absolute atomic E-state index is 11.6. The molecule has 1 atom stereocenters. The van der Waals surface area contributed by atoms with Crippen molar-refractivity contribution < 1.29 is 9.59 Å². The minimum absolute atomic E-state index is 0.0133. The van der Waals surface area contributed by atoms with Gasteiger partial charge in [-0.3, -0.25) is 19.4 Å². The Bertz CT molecular complexity index is 453. The number of carbonyl (C=O) groups is 2. The molecular formula is C14H19N3O2. The molecule has 1 aromatic heterocycles. The summed E-state index contributed by atoms with van der Waals surface area (Å²) < 4.78 is 0. The van der Waals surface area contributed by atoms with Crippen molar-refractivity contribution >= 4 is 11.8 Å². The molecule has 3 rings (SSSR count). The first kappa shape index (κ1) is 12.4. The second kappa shape index (κ2) is 5.17. The Balaban J connectivity index is 1.60. The number of nitrogens with zero attached hydrogens (tertiary/aromatic N) is 2. The van der Waals surface area contributed by atoms with Crippen LogP contribution in [-0.2, 0) is 9.59 Å². The zero-order valence-corrected chi connectivity index (χ0v) is 11.0. The predicted molar refractivity (Wildman–Crippen MR) is 70.3 cm³/mol. The summed E-state index contributed by atoms with van der Waals surface area (Å²) in [4.78, 5) is 30.2. The first-order chi connectivity index (χ1) is 9.25. The van der Waals surface area contributed by atoms with Gasteiger partial charge in [-0.25, -0.2) is 0 Å². The number of imide groups is 1. The van der Waals surface area contributed by atoms with Crippen LogP contribution in [0.15, 0.2) is 18.3 Å². The molecule has 2 amide bonds. The van der Waals surface area contributed by atoms with E-state index in [1.54, 1.807) is 0 Å². The lowest BCUT2D eigenvalue weighted by molar-refractivity contribution is -0.138. The summed E-state index contributed by atoms with van der Waals surface area (Å²) in [6.45, 7) is 2.36. The van der Waals surface area contributed by atoms with Crippen molar-refractivity contribution in [3.63, 3.8) is 0 Å². The maximum Gasteiger partial charge on any atom is 0.229 e. The van der Waals surface area contributed by atoms with Crippen LogP contribution in [0.5, 0.6) is 0 Å². The molecule has 5 heteroatoms. The Kier molecular flexibility index (Phi) is 3.38. The number of aromatic amines is 1. The molecule has 0 aromatic carbocycles. The molecule has 0 aliphatic carbocycles. The molecule has 0 bridgehead atoms. The summed E-state index contributed by atoms with van der Waals surface area (Å²) in [6.07, 6.45) is 5.03. The Morgan fingerprint density at radius 3 is 2.68 bits per heavy atom.